The Morgan fingerprint density at radius 3 is 2.15 bits per heavy atom. The molecule has 2 nitrogen and oxygen atoms in total. The Kier molecular flexibility index (Phi) is 5.18. The molecular formula is C17H27NOSi. The Balaban J connectivity index is 2.74. The molecule has 0 aliphatic heterocycles. The second-order valence-corrected chi connectivity index (χ2v) is 12.8. The molecule has 0 aliphatic rings. The van der Waals surface area contributed by atoms with Crippen molar-refractivity contribution >= 4 is 8.07 Å². The van der Waals surface area contributed by atoms with Gasteiger partial charge >= 0.3 is 0 Å². The molecule has 0 aliphatic carbocycles. The van der Waals surface area contributed by atoms with Gasteiger partial charge in [-0.25, -0.2) is 0 Å². The predicted molar refractivity (Wildman–Crippen MR) is 87.1 cm³/mol. The normalized spacial score (nSPS) is 15.4. The first-order valence-electron chi connectivity index (χ1n) is 7.32. The number of benzene rings is 1. The van der Waals surface area contributed by atoms with E-state index in [-0.39, 0.29) is 5.04 Å². The van der Waals surface area contributed by atoms with E-state index in [2.05, 4.69) is 52.1 Å². The molecule has 3 heteroatoms. The first-order valence-corrected chi connectivity index (χ1v) is 10.3. The van der Waals surface area contributed by atoms with E-state index in [9.17, 15) is 10.4 Å². The van der Waals surface area contributed by atoms with Crippen LogP contribution in [0.25, 0.3) is 0 Å². The Hall–Kier alpha value is -1.11. The van der Waals surface area contributed by atoms with Crippen LogP contribution in [0.1, 0.15) is 39.2 Å². The monoisotopic (exact) mass is 289 g/mol. The SMILES string of the molecule is CC(C)(C)[Si](C)(C)[C@@](O)(C#N)CCCc1ccccc1. The van der Waals surface area contributed by atoms with E-state index in [1.807, 2.05) is 18.2 Å². The average Bonchev–Trinajstić information content (AvgIpc) is 2.38. The number of rotatable bonds is 5. The van der Waals surface area contributed by atoms with Gasteiger partial charge in [0, 0.05) is 0 Å². The van der Waals surface area contributed by atoms with E-state index in [0.29, 0.717) is 6.42 Å². The lowest BCUT2D eigenvalue weighted by atomic mass is 10.1. The van der Waals surface area contributed by atoms with Crippen molar-refractivity contribution in [3.05, 3.63) is 35.9 Å². The van der Waals surface area contributed by atoms with Gasteiger partial charge in [0.15, 0.2) is 0 Å². The Morgan fingerprint density at radius 1 is 1.15 bits per heavy atom. The molecule has 0 unspecified atom stereocenters. The first kappa shape index (κ1) is 16.9. The lowest BCUT2D eigenvalue weighted by Gasteiger charge is -2.45. The molecule has 1 aromatic rings. The summed E-state index contributed by atoms with van der Waals surface area (Å²) >= 11 is 0. The second-order valence-electron chi connectivity index (χ2n) is 7.19. The minimum atomic E-state index is -2.10. The highest BCUT2D eigenvalue weighted by atomic mass is 28.3. The minimum Gasteiger partial charge on any atom is -0.379 e. The second kappa shape index (κ2) is 6.11. The van der Waals surface area contributed by atoms with E-state index >= 15 is 0 Å². The standard InChI is InChI=1S/C17H27NOSi/c1-16(2,3)20(4,5)17(19,14-18)13-9-12-15-10-7-6-8-11-15/h6-8,10-11,19H,9,12-13H2,1-5H3/t17-/m1/s1. The highest BCUT2D eigenvalue weighted by Gasteiger charge is 2.52. The Morgan fingerprint density at radius 2 is 1.70 bits per heavy atom. The van der Waals surface area contributed by atoms with Crippen molar-refractivity contribution in [3.8, 4) is 6.07 Å². The van der Waals surface area contributed by atoms with Crippen LogP contribution in [0, 0.1) is 11.3 Å². The molecule has 110 valence electrons. The molecular weight excluding hydrogens is 262 g/mol. The van der Waals surface area contributed by atoms with Gasteiger partial charge in [0.05, 0.1) is 6.07 Å². The van der Waals surface area contributed by atoms with Crippen LogP contribution in [-0.2, 0) is 6.42 Å². The number of hydrogen-bond acceptors (Lipinski definition) is 2. The van der Waals surface area contributed by atoms with Gasteiger partial charge in [0.2, 0.25) is 0 Å². The summed E-state index contributed by atoms with van der Waals surface area (Å²) in [7, 11) is -2.10. The number of aryl methyl sites for hydroxylation is 1. The number of nitrogens with zero attached hydrogens (tertiary/aromatic N) is 1. The van der Waals surface area contributed by atoms with Gasteiger partial charge in [-0.1, -0.05) is 64.2 Å². The summed E-state index contributed by atoms with van der Waals surface area (Å²) in [5, 5.41) is 19.2. The van der Waals surface area contributed by atoms with E-state index < -0.39 is 13.3 Å². The van der Waals surface area contributed by atoms with Gasteiger partial charge in [-0.15, -0.1) is 0 Å². The van der Waals surface area contributed by atoms with Crippen molar-refractivity contribution in [1.29, 1.82) is 5.26 Å². The van der Waals surface area contributed by atoms with Crippen molar-refractivity contribution < 1.29 is 5.11 Å². The summed E-state index contributed by atoms with van der Waals surface area (Å²) < 4.78 is 0. The third kappa shape index (κ3) is 3.50. The van der Waals surface area contributed by atoms with Gasteiger partial charge in [0.25, 0.3) is 0 Å². The molecule has 0 saturated heterocycles. The lowest BCUT2D eigenvalue weighted by Crippen LogP contribution is -2.59. The fourth-order valence-electron chi connectivity index (χ4n) is 2.32. The largest absolute Gasteiger partial charge is 0.379 e. The van der Waals surface area contributed by atoms with E-state index in [4.69, 9.17) is 0 Å². The van der Waals surface area contributed by atoms with Crippen molar-refractivity contribution in [2.45, 2.75) is 63.4 Å². The van der Waals surface area contributed by atoms with Crippen LogP contribution in [0.2, 0.25) is 18.1 Å². The van der Waals surface area contributed by atoms with Crippen LogP contribution >= 0.6 is 0 Å². The summed E-state index contributed by atoms with van der Waals surface area (Å²) in [5.41, 5.74) is 1.27. The van der Waals surface area contributed by atoms with Gasteiger partial charge < -0.3 is 5.11 Å². The lowest BCUT2D eigenvalue weighted by molar-refractivity contribution is 0.154. The molecule has 1 N–H and O–H groups in total. The smallest absolute Gasteiger partial charge is 0.138 e. The number of hydrogen-bond donors (Lipinski definition) is 1. The molecule has 0 amide bonds. The molecule has 1 rings (SSSR count). The zero-order valence-electron chi connectivity index (χ0n) is 13.4. The quantitative estimate of drug-likeness (QED) is 0.648. The summed E-state index contributed by atoms with van der Waals surface area (Å²) in [6.07, 6.45) is 2.33. The molecule has 0 spiro atoms. The maximum absolute atomic E-state index is 10.9. The summed E-state index contributed by atoms with van der Waals surface area (Å²) in [4.78, 5) is 0. The van der Waals surface area contributed by atoms with E-state index in [1.54, 1.807) is 0 Å². The van der Waals surface area contributed by atoms with Crippen molar-refractivity contribution in [3.63, 3.8) is 0 Å². The molecule has 1 aromatic carbocycles. The Bertz CT molecular complexity index is 470. The van der Waals surface area contributed by atoms with Crippen LogP contribution in [0.15, 0.2) is 30.3 Å². The van der Waals surface area contributed by atoms with Crippen LogP contribution in [0.3, 0.4) is 0 Å². The Labute approximate surface area is 124 Å². The minimum absolute atomic E-state index is 0.00419. The van der Waals surface area contributed by atoms with Gasteiger partial charge in [-0.3, -0.25) is 0 Å². The summed E-state index contributed by atoms with van der Waals surface area (Å²) in [6.45, 7) is 10.7. The maximum Gasteiger partial charge on any atom is 0.138 e. The fraction of sp³-hybridized carbons (Fsp3) is 0.588. The topological polar surface area (TPSA) is 44.0 Å². The van der Waals surface area contributed by atoms with Gasteiger partial charge in [0.1, 0.15) is 13.3 Å². The van der Waals surface area contributed by atoms with E-state index in [0.717, 1.165) is 12.8 Å². The zero-order chi connectivity index (χ0) is 15.4. The average molecular weight is 289 g/mol. The number of aliphatic hydroxyl groups is 1. The van der Waals surface area contributed by atoms with Crippen molar-refractivity contribution in [1.82, 2.24) is 0 Å². The molecule has 1 atom stereocenters. The van der Waals surface area contributed by atoms with E-state index in [1.165, 1.54) is 5.56 Å². The maximum atomic E-state index is 10.9. The highest BCUT2D eigenvalue weighted by Crippen LogP contribution is 2.44. The highest BCUT2D eigenvalue weighted by molar-refractivity contribution is 6.83. The van der Waals surface area contributed by atoms with Crippen LogP contribution in [0.5, 0.6) is 0 Å². The third-order valence-electron chi connectivity index (χ3n) is 4.94. The molecule has 0 saturated carbocycles. The van der Waals surface area contributed by atoms with Crippen LogP contribution < -0.4 is 0 Å². The third-order valence-corrected chi connectivity index (χ3v) is 11.1. The van der Waals surface area contributed by atoms with Crippen molar-refractivity contribution in [2.24, 2.45) is 0 Å². The molecule has 0 aromatic heterocycles. The zero-order valence-corrected chi connectivity index (χ0v) is 14.4. The molecule has 0 bridgehead atoms. The molecule has 0 radical (unpaired) electrons. The van der Waals surface area contributed by atoms with Gasteiger partial charge in [-0.2, -0.15) is 5.26 Å². The molecule has 0 heterocycles. The first-order chi connectivity index (χ1) is 9.14. The summed E-state index contributed by atoms with van der Waals surface area (Å²) in [5.74, 6) is 0. The molecule has 20 heavy (non-hydrogen) atoms. The van der Waals surface area contributed by atoms with Gasteiger partial charge in [-0.05, 0) is 29.9 Å². The fourth-order valence-corrected chi connectivity index (χ4v) is 4.64. The predicted octanol–water partition coefficient (Wildman–Crippen LogP) is 4.31. The number of nitriles is 1. The van der Waals surface area contributed by atoms with Crippen LogP contribution in [-0.4, -0.2) is 18.4 Å². The molecule has 0 fully saturated rings. The van der Waals surface area contributed by atoms with Crippen molar-refractivity contribution in [2.75, 3.05) is 0 Å². The van der Waals surface area contributed by atoms with Crippen LogP contribution in [0.4, 0.5) is 0 Å². The summed E-state index contributed by atoms with van der Waals surface area (Å²) in [6, 6.07) is 12.5.